The van der Waals surface area contributed by atoms with Crippen molar-refractivity contribution in [3.63, 3.8) is 0 Å². The maximum atomic E-state index is 11.6. The van der Waals surface area contributed by atoms with Crippen LogP contribution in [0.5, 0.6) is 0 Å². The first-order chi connectivity index (χ1) is 10.6. The Hall–Kier alpha value is -2.40. The van der Waals surface area contributed by atoms with Gasteiger partial charge in [-0.2, -0.15) is 0 Å². The lowest BCUT2D eigenvalue weighted by Gasteiger charge is -2.13. The number of ether oxygens (including phenoxy) is 1. The summed E-state index contributed by atoms with van der Waals surface area (Å²) in [5, 5.41) is 6.76. The van der Waals surface area contributed by atoms with Crippen LogP contribution in [0.1, 0.15) is 21.5 Å². The van der Waals surface area contributed by atoms with Crippen molar-refractivity contribution in [2.45, 2.75) is 13.5 Å². The van der Waals surface area contributed by atoms with E-state index in [1.54, 1.807) is 12.1 Å². The number of benzene rings is 2. The van der Waals surface area contributed by atoms with Crippen molar-refractivity contribution in [1.29, 1.82) is 0 Å². The highest BCUT2D eigenvalue weighted by Gasteiger charge is 2.08. The number of rotatable bonds is 4. The summed E-state index contributed by atoms with van der Waals surface area (Å²) in [6, 6.07) is 15.3. The van der Waals surface area contributed by atoms with Gasteiger partial charge in [0.15, 0.2) is 5.11 Å². The molecule has 0 heterocycles. The highest BCUT2D eigenvalue weighted by Crippen LogP contribution is 2.17. The number of anilines is 1. The molecule has 0 atom stereocenters. The molecule has 0 saturated carbocycles. The number of methoxy groups -OCH3 is 1. The van der Waals surface area contributed by atoms with Gasteiger partial charge >= 0.3 is 5.97 Å². The number of aryl methyl sites for hydroxylation is 1. The number of hydrogen-bond donors (Lipinski definition) is 2. The molecule has 0 unspecified atom stereocenters. The van der Waals surface area contributed by atoms with Gasteiger partial charge in [-0.25, -0.2) is 4.79 Å². The van der Waals surface area contributed by atoms with Crippen LogP contribution in [0.3, 0.4) is 0 Å². The maximum Gasteiger partial charge on any atom is 0.337 e. The number of carbonyl (C=O) groups is 1. The fraction of sp³-hybridized carbons (Fsp3) is 0.176. The summed E-state index contributed by atoms with van der Waals surface area (Å²) in [6.45, 7) is 2.59. The quantitative estimate of drug-likeness (QED) is 0.670. The van der Waals surface area contributed by atoms with Gasteiger partial charge in [-0.3, -0.25) is 0 Å². The van der Waals surface area contributed by atoms with Crippen molar-refractivity contribution in [3.05, 3.63) is 65.2 Å². The molecule has 2 N–H and O–H groups in total. The Morgan fingerprint density at radius 3 is 2.59 bits per heavy atom. The first kappa shape index (κ1) is 16.0. The second kappa shape index (κ2) is 7.56. The molecule has 0 aliphatic rings. The summed E-state index contributed by atoms with van der Waals surface area (Å²) < 4.78 is 4.73. The molecule has 0 aromatic heterocycles. The van der Waals surface area contributed by atoms with Crippen LogP contribution < -0.4 is 10.6 Å². The van der Waals surface area contributed by atoms with Crippen molar-refractivity contribution < 1.29 is 9.53 Å². The molecular formula is C17H18N2O2S. The summed E-state index contributed by atoms with van der Waals surface area (Å²) in [7, 11) is 1.36. The van der Waals surface area contributed by atoms with Gasteiger partial charge in [0.2, 0.25) is 0 Å². The van der Waals surface area contributed by atoms with Crippen LogP contribution in [0.4, 0.5) is 5.69 Å². The molecule has 0 aliphatic carbocycles. The normalized spacial score (nSPS) is 9.91. The Kier molecular flexibility index (Phi) is 5.49. The molecule has 2 aromatic rings. The van der Waals surface area contributed by atoms with E-state index >= 15 is 0 Å². The minimum Gasteiger partial charge on any atom is -0.465 e. The molecule has 0 radical (unpaired) electrons. The maximum absolute atomic E-state index is 11.6. The summed E-state index contributed by atoms with van der Waals surface area (Å²) in [4.78, 5) is 11.6. The third-order valence-corrected chi connectivity index (χ3v) is 3.45. The minimum absolute atomic E-state index is 0.369. The van der Waals surface area contributed by atoms with E-state index in [1.165, 1.54) is 7.11 Å². The van der Waals surface area contributed by atoms with Crippen LogP contribution in [0.2, 0.25) is 0 Å². The summed E-state index contributed by atoms with van der Waals surface area (Å²) >= 11 is 5.29. The predicted molar refractivity (Wildman–Crippen MR) is 92.0 cm³/mol. The Bertz CT molecular complexity index is 672. The van der Waals surface area contributed by atoms with Gasteiger partial charge in [-0.15, -0.1) is 0 Å². The van der Waals surface area contributed by atoms with E-state index < -0.39 is 0 Å². The second-order valence-electron chi connectivity index (χ2n) is 4.81. The summed E-state index contributed by atoms with van der Waals surface area (Å²) in [6.07, 6.45) is 0. The monoisotopic (exact) mass is 314 g/mol. The Morgan fingerprint density at radius 2 is 1.91 bits per heavy atom. The number of nitrogens with one attached hydrogen (secondary N) is 2. The van der Waals surface area contributed by atoms with Gasteiger partial charge in [-0.05, 0) is 42.4 Å². The number of esters is 1. The van der Waals surface area contributed by atoms with Crippen LogP contribution in [0, 0.1) is 6.92 Å². The van der Waals surface area contributed by atoms with Gasteiger partial charge in [0.05, 0.1) is 12.7 Å². The molecule has 0 saturated heterocycles. The molecule has 5 heteroatoms. The zero-order valence-electron chi connectivity index (χ0n) is 12.6. The molecule has 0 amide bonds. The fourth-order valence-electron chi connectivity index (χ4n) is 1.95. The van der Waals surface area contributed by atoms with Crippen LogP contribution in [0.15, 0.2) is 48.5 Å². The minimum atomic E-state index is -0.369. The average Bonchev–Trinajstić information content (AvgIpc) is 2.55. The van der Waals surface area contributed by atoms with Gasteiger partial charge in [-0.1, -0.05) is 36.4 Å². The van der Waals surface area contributed by atoms with Crippen molar-refractivity contribution >= 4 is 29.0 Å². The number of thiocarbonyl (C=S) groups is 1. The lowest BCUT2D eigenvalue weighted by molar-refractivity contribution is 0.0601. The molecular weight excluding hydrogens is 296 g/mol. The highest BCUT2D eigenvalue weighted by molar-refractivity contribution is 7.80. The third-order valence-electron chi connectivity index (χ3n) is 3.20. The van der Waals surface area contributed by atoms with Crippen molar-refractivity contribution in [2.75, 3.05) is 12.4 Å². The topological polar surface area (TPSA) is 50.4 Å². The van der Waals surface area contributed by atoms with E-state index in [1.807, 2.05) is 43.3 Å². The summed E-state index contributed by atoms with van der Waals surface area (Å²) in [5.74, 6) is -0.369. The highest BCUT2D eigenvalue weighted by atomic mass is 32.1. The lowest BCUT2D eigenvalue weighted by Crippen LogP contribution is -2.28. The Labute approximate surface area is 135 Å². The SMILES string of the molecule is COC(=O)c1ccc(C)c(NC(=S)NCc2ccccc2)c1. The zero-order valence-corrected chi connectivity index (χ0v) is 13.4. The van der Waals surface area contributed by atoms with Crippen LogP contribution in [-0.4, -0.2) is 18.2 Å². The van der Waals surface area contributed by atoms with Gasteiger partial charge in [0.25, 0.3) is 0 Å². The van der Waals surface area contributed by atoms with Crippen molar-refractivity contribution in [2.24, 2.45) is 0 Å². The van der Waals surface area contributed by atoms with E-state index in [2.05, 4.69) is 10.6 Å². The summed E-state index contributed by atoms with van der Waals surface area (Å²) in [5.41, 5.74) is 3.41. The average molecular weight is 314 g/mol. The van der Waals surface area contributed by atoms with Gasteiger partial charge in [0.1, 0.15) is 0 Å². The first-order valence-electron chi connectivity index (χ1n) is 6.88. The van der Waals surface area contributed by atoms with E-state index in [0.29, 0.717) is 17.2 Å². The molecule has 0 spiro atoms. The smallest absolute Gasteiger partial charge is 0.337 e. The van der Waals surface area contributed by atoms with E-state index in [9.17, 15) is 4.79 Å². The molecule has 0 fully saturated rings. The van der Waals surface area contributed by atoms with Gasteiger partial charge in [0, 0.05) is 12.2 Å². The van der Waals surface area contributed by atoms with Crippen molar-refractivity contribution in [1.82, 2.24) is 5.32 Å². The Morgan fingerprint density at radius 1 is 1.18 bits per heavy atom. The van der Waals surface area contributed by atoms with Crippen molar-refractivity contribution in [3.8, 4) is 0 Å². The molecule has 0 aliphatic heterocycles. The zero-order chi connectivity index (χ0) is 15.9. The molecule has 22 heavy (non-hydrogen) atoms. The molecule has 0 bridgehead atoms. The Balaban J connectivity index is 2.00. The standard InChI is InChI=1S/C17H18N2O2S/c1-12-8-9-14(16(20)21-2)10-15(12)19-17(22)18-11-13-6-4-3-5-7-13/h3-10H,11H2,1-2H3,(H2,18,19,22). The lowest BCUT2D eigenvalue weighted by atomic mass is 10.1. The molecule has 4 nitrogen and oxygen atoms in total. The second-order valence-corrected chi connectivity index (χ2v) is 5.22. The van der Waals surface area contributed by atoms with E-state index in [4.69, 9.17) is 17.0 Å². The number of hydrogen-bond acceptors (Lipinski definition) is 3. The first-order valence-corrected chi connectivity index (χ1v) is 7.28. The fourth-order valence-corrected chi connectivity index (χ4v) is 2.13. The van der Waals surface area contributed by atoms with Crippen LogP contribution in [0.25, 0.3) is 0 Å². The molecule has 2 rings (SSSR count). The van der Waals surface area contributed by atoms with E-state index in [0.717, 1.165) is 16.8 Å². The third kappa shape index (κ3) is 4.30. The predicted octanol–water partition coefficient (Wildman–Crippen LogP) is 3.27. The van der Waals surface area contributed by atoms with Crippen LogP contribution >= 0.6 is 12.2 Å². The molecule has 114 valence electrons. The van der Waals surface area contributed by atoms with E-state index in [-0.39, 0.29) is 5.97 Å². The van der Waals surface area contributed by atoms with Crippen LogP contribution in [-0.2, 0) is 11.3 Å². The molecule has 2 aromatic carbocycles. The largest absolute Gasteiger partial charge is 0.465 e. The van der Waals surface area contributed by atoms with Gasteiger partial charge < -0.3 is 15.4 Å². The number of carbonyl (C=O) groups excluding carboxylic acids is 1.